The van der Waals surface area contributed by atoms with E-state index in [4.69, 9.17) is 9.54 Å². The molecule has 0 bridgehead atoms. The number of anilines is 2. The quantitative estimate of drug-likeness (QED) is 0.631. The molecule has 1 unspecified atom stereocenters. The maximum atomic E-state index is 11.0. The van der Waals surface area contributed by atoms with Gasteiger partial charge >= 0.3 is 0 Å². The van der Waals surface area contributed by atoms with Crippen LogP contribution in [0.1, 0.15) is 19.3 Å². The van der Waals surface area contributed by atoms with Gasteiger partial charge in [0.2, 0.25) is 5.95 Å². The van der Waals surface area contributed by atoms with Crippen LogP contribution in [0.4, 0.5) is 11.6 Å². The molecule has 3 aliphatic rings. The SMILES string of the molecule is O=S(O)CN1CCC(Nc2ncc3cccc(N4CC5(CCNC5)C4)c3n2)CC1. The van der Waals surface area contributed by atoms with E-state index in [2.05, 4.69) is 38.7 Å². The lowest BCUT2D eigenvalue weighted by Gasteiger charge is -2.49. The summed E-state index contributed by atoms with van der Waals surface area (Å²) in [6.45, 7) is 6.07. The third-order valence-electron chi connectivity index (χ3n) is 6.53. The van der Waals surface area contributed by atoms with E-state index in [9.17, 15) is 4.21 Å². The van der Waals surface area contributed by atoms with Crippen LogP contribution < -0.4 is 15.5 Å². The summed E-state index contributed by atoms with van der Waals surface area (Å²) < 4.78 is 20.0. The van der Waals surface area contributed by atoms with E-state index < -0.39 is 11.1 Å². The molecule has 0 amide bonds. The third-order valence-corrected chi connectivity index (χ3v) is 7.11. The van der Waals surface area contributed by atoms with E-state index >= 15 is 0 Å². The molecule has 4 heterocycles. The smallest absolute Gasteiger partial charge is 0.223 e. The van der Waals surface area contributed by atoms with Crippen molar-refractivity contribution < 1.29 is 8.76 Å². The van der Waals surface area contributed by atoms with Gasteiger partial charge in [0.25, 0.3) is 0 Å². The summed E-state index contributed by atoms with van der Waals surface area (Å²) in [5, 5.41) is 8.05. The molecule has 8 nitrogen and oxygen atoms in total. The van der Waals surface area contributed by atoms with Gasteiger partial charge < -0.3 is 20.1 Å². The molecule has 29 heavy (non-hydrogen) atoms. The van der Waals surface area contributed by atoms with Crippen LogP contribution in [-0.4, -0.2) is 74.8 Å². The molecule has 1 aromatic carbocycles. The molecule has 3 saturated heterocycles. The van der Waals surface area contributed by atoms with Crippen LogP contribution in [0.5, 0.6) is 0 Å². The van der Waals surface area contributed by atoms with Crippen LogP contribution >= 0.6 is 0 Å². The van der Waals surface area contributed by atoms with Gasteiger partial charge in [0.05, 0.1) is 11.2 Å². The number of fused-ring (bicyclic) bond motifs is 1. The van der Waals surface area contributed by atoms with Crippen molar-refractivity contribution in [3.8, 4) is 0 Å². The molecule has 2 aromatic rings. The lowest BCUT2D eigenvalue weighted by molar-refractivity contribution is 0.244. The van der Waals surface area contributed by atoms with Crippen LogP contribution in [-0.2, 0) is 11.1 Å². The number of likely N-dealkylation sites (tertiary alicyclic amines) is 1. The molecule has 0 saturated carbocycles. The Labute approximate surface area is 173 Å². The maximum Gasteiger partial charge on any atom is 0.223 e. The van der Waals surface area contributed by atoms with Gasteiger partial charge in [-0.05, 0) is 31.9 Å². The lowest BCUT2D eigenvalue weighted by Crippen LogP contribution is -2.57. The van der Waals surface area contributed by atoms with E-state index in [-0.39, 0.29) is 5.88 Å². The second kappa shape index (κ2) is 7.79. The minimum Gasteiger partial charge on any atom is -0.368 e. The fourth-order valence-corrected chi connectivity index (χ4v) is 5.48. The van der Waals surface area contributed by atoms with Crippen LogP contribution in [0, 0.1) is 5.41 Å². The summed E-state index contributed by atoms with van der Waals surface area (Å²) in [4.78, 5) is 13.9. The van der Waals surface area contributed by atoms with Gasteiger partial charge in [-0.1, -0.05) is 12.1 Å². The summed E-state index contributed by atoms with van der Waals surface area (Å²) in [5.41, 5.74) is 2.66. The van der Waals surface area contributed by atoms with Gasteiger partial charge in [-0.2, -0.15) is 0 Å². The van der Waals surface area contributed by atoms with Gasteiger partial charge in [-0.3, -0.25) is 4.90 Å². The number of para-hydroxylation sites is 1. The second-order valence-corrected chi connectivity index (χ2v) is 9.58. The number of hydrogen-bond donors (Lipinski definition) is 3. The van der Waals surface area contributed by atoms with Crippen molar-refractivity contribution in [3.63, 3.8) is 0 Å². The largest absolute Gasteiger partial charge is 0.368 e. The van der Waals surface area contributed by atoms with Gasteiger partial charge in [0.15, 0.2) is 11.1 Å². The van der Waals surface area contributed by atoms with E-state index in [1.807, 2.05) is 11.1 Å². The normalized spacial score (nSPS) is 23.4. The van der Waals surface area contributed by atoms with E-state index in [0.717, 1.165) is 63.0 Å². The zero-order chi connectivity index (χ0) is 19.8. The zero-order valence-corrected chi connectivity index (χ0v) is 17.3. The Bertz CT molecular complexity index is 903. The van der Waals surface area contributed by atoms with Crippen molar-refractivity contribution >= 4 is 33.6 Å². The van der Waals surface area contributed by atoms with Crippen molar-refractivity contribution in [1.29, 1.82) is 0 Å². The summed E-state index contributed by atoms with van der Waals surface area (Å²) in [7, 11) is 0. The predicted octanol–water partition coefficient (Wildman–Crippen LogP) is 1.48. The number of benzene rings is 1. The molecule has 5 rings (SSSR count). The van der Waals surface area contributed by atoms with Gasteiger partial charge in [-0.15, -0.1) is 0 Å². The molecule has 0 radical (unpaired) electrons. The number of nitrogens with zero attached hydrogens (tertiary/aromatic N) is 4. The van der Waals surface area contributed by atoms with E-state index in [1.54, 1.807) is 0 Å². The Kier molecular flexibility index (Phi) is 5.15. The molecular formula is C20H28N6O2S. The van der Waals surface area contributed by atoms with Crippen molar-refractivity contribution in [2.75, 3.05) is 55.4 Å². The van der Waals surface area contributed by atoms with Crippen molar-refractivity contribution in [1.82, 2.24) is 20.2 Å². The average molecular weight is 417 g/mol. The summed E-state index contributed by atoms with van der Waals surface area (Å²) in [6, 6.07) is 6.62. The van der Waals surface area contributed by atoms with Gasteiger partial charge in [0, 0.05) is 55.8 Å². The van der Waals surface area contributed by atoms with Crippen LogP contribution in [0.2, 0.25) is 0 Å². The number of piperidine rings is 1. The molecule has 1 atom stereocenters. The second-order valence-electron chi connectivity index (χ2n) is 8.68. The first-order chi connectivity index (χ1) is 14.1. The van der Waals surface area contributed by atoms with Crippen molar-refractivity contribution in [2.24, 2.45) is 5.41 Å². The van der Waals surface area contributed by atoms with Crippen molar-refractivity contribution in [3.05, 3.63) is 24.4 Å². The Morgan fingerprint density at radius 2 is 2.14 bits per heavy atom. The van der Waals surface area contributed by atoms with Crippen LogP contribution in [0.25, 0.3) is 10.9 Å². The summed E-state index contributed by atoms with van der Waals surface area (Å²) in [5.74, 6) is 0.905. The van der Waals surface area contributed by atoms with Gasteiger partial charge in [0.1, 0.15) is 5.88 Å². The highest BCUT2D eigenvalue weighted by Gasteiger charge is 2.45. The first-order valence-electron chi connectivity index (χ1n) is 10.4. The Morgan fingerprint density at radius 3 is 2.86 bits per heavy atom. The fourth-order valence-electron chi connectivity index (χ4n) is 4.91. The minimum absolute atomic E-state index is 0.232. The summed E-state index contributed by atoms with van der Waals surface area (Å²) >= 11 is -1.76. The maximum absolute atomic E-state index is 11.0. The number of aromatic nitrogens is 2. The molecule has 3 fully saturated rings. The Balaban J connectivity index is 1.28. The highest BCUT2D eigenvalue weighted by Crippen LogP contribution is 2.40. The monoisotopic (exact) mass is 416 g/mol. The molecule has 3 N–H and O–H groups in total. The van der Waals surface area contributed by atoms with E-state index in [1.165, 1.54) is 12.1 Å². The zero-order valence-electron chi connectivity index (χ0n) is 16.5. The third kappa shape index (κ3) is 3.96. The van der Waals surface area contributed by atoms with Gasteiger partial charge in [-0.25, -0.2) is 14.2 Å². The Morgan fingerprint density at radius 1 is 1.31 bits per heavy atom. The molecule has 9 heteroatoms. The molecule has 3 aliphatic heterocycles. The fraction of sp³-hybridized carbons (Fsp3) is 0.600. The number of hydrogen-bond acceptors (Lipinski definition) is 7. The first kappa shape index (κ1) is 19.2. The van der Waals surface area contributed by atoms with Crippen LogP contribution in [0.3, 0.4) is 0 Å². The number of nitrogens with one attached hydrogen (secondary N) is 2. The Hall–Kier alpha value is -1.81. The lowest BCUT2D eigenvalue weighted by atomic mass is 9.78. The topological polar surface area (TPSA) is 93.6 Å². The molecule has 156 valence electrons. The molecular weight excluding hydrogens is 388 g/mol. The molecule has 1 aromatic heterocycles. The minimum atomic E-state index is -1.76. The molecule has 0 aliphatic carbocycles. The average Bonchev–Trinajstić information content (AvgIpc) is 3.18. The number of rotatable bonds is 5. The summed E-state index contributed by atoms with van der Waals surface area (Å²) in [6.07, 6.45) is 5.01. The highest BCUT2D eigenvalue weighted by atomic mass is 32.2. The highest BCUT2D eigenvalue weighted by molar-refractivity contribution is 7.79. The van der Waals surface area contributed by atoms with Crippen molar-refractivity contribution in [2.45, 2.75) is 25.3 Å². The molecule has 1 spiro atoms. The standard InChI is InChI=1S/C20H28N6O2S/c27-29(28)14-25-8-4-16(5-9-25)23-19-22-10-15-2-1-3-17(18(15)24-19)26-12-20(13-26)6-7-21-11-20/h1-3,10,16,21H,4-9,11-14H2,(H,27,28)(H,22,23,24). The van der Waals surface area contributed by atoms with Crippen LogP contribution in [0.15, 0.2) is 24.4 Å². The first-order valence-corrected chi connectivity index (χ1v) is 11.7. The van der Waals surface area contributed by atoms with E-state index in [0.29, 0.717) is 17.4 Å². The predicted molar refractivity (Wildman–Crippen MR) is 116 cm³/mol.